The predicted molar refractivity (Wildman–Crippen MR) is 75.3 cm³/mol. The number of benzene rings is 2. The van der Waals surface area contributed by atoms with Gasteiger partial charge in [0, 0.05) is 5.56 Å². The summed E-state index contributed by atoms with van der Waals surface area (Å²) in [6.45, 7) is -0.112. The summed E-state index contributed by atoms with van der Waals surface area (Å²) in [7, 11) is 0. The van der Waals surface area contributed by atoms with Gasteiger partial charge in [-0.05, 0) is 48.6 Å². The molecule has 21 heavy (non-hydrogen) atoms. The highest BCUT2D eigenvalue weighted by molar-refractivity contribution is 5.38. The van der Waals surface area contributed by atoms with Crippen LogP contribution >= 0.6 is 0 Å². The third kappa shape index (κ3) is 2.90. The predicted octanol–water partition coefficient (Wildman–Crippen LogP) is 3.57. The van der Waals surface area contributed by atoms with Gasteiger partial charge in [-0.2, -0.15) is 0 Å². The number of fused-ring (bicyclic) bond motifs is 1. The Hall–Kier alpha value is -1.94. The Balaban J connectivity index is 1.68. The van der Waals surface area contributed by atoms with E-state index in [1.807, 2.05) is 18.2 Å². The van der Waals surface area contributed by atoms with Crippen LogP contribution in [-0.2, 0) is 12.8 Å². The zero-order valence-electron chi connectivity index (χ0n) is 11.5. The second kappa shape index (κ2) is 5.82. The molecule has 2 aromatic rings. The Morgan fingerprint density at radius 3 is 2.76 bits per heavy atom. The van der Waals surface area contributed by atoms with Crippen LogP contribution < -0.4 is 4.74 Å². The lowest BCUT2D eigenvalue weighted by Gasteiger charge is -2.14. The molecular weight excluding hydrogens is 274 g/mol. The minimum Gasteiger partial charge on any atom is -0.491 e. The SMILES string of the molecule is OC(COc1ccc2c(c1)CCC2)c1cccc(F)c1F. The van der Waals surface area contributed by atoms with Crippen molar-refractivity contribution in [2.24, 2.45) is 0 Å². The highest BCUT2D eigenvalue weighted by Crippen LogP contribution is 2.27. The topological polar surface area (TPSA) is 29.5 Å². The van der Waals surface area contributed by atoms with Gasteiger partial charge >= 0.3 is 0 Å². The Morgan fingerprint density at radius 2 is 1.90 bits per heavy atom. The molecule has 4 heteroatoms. The van der Waals surface area contributed by atoms with Crippen molar-refractivity contribution < 1.29 is 18.6 Å². The molecule has 1 aliphatic rings. The fourth-order valence-electron chi connectivity index (χ4n) is 2.68. The van der Waals surface area contributed by atoms with Gasteiger partial charge in [-0.1, -0.05) is 18.2 Å². The number of aryl methyl sites for hydroxylation is 2. The minimum atomic E-state index is -1.20. The number of ether oxygens (including phenoxy) is 1. The van der Waals surface area contributed by atoms with E-state index < -0.39 is 17.7 Å². The van der Waals surface area contributed by atoms with E-state index in [0.717, 1.165) is 25.3 Å². The van der Waals surface area contributed by atoms with Crippen LogP contribution in [0.2, 0.25) is 0 Å². The molecule has 0 spiro atoms. The van der Waals surface area contributed by atoms with Crippen LogP contribution in [0, 0.1) is 11.6 Å². The molecule has 1 atom stereocenters. The average molecular weight is 290 g/mol. The molecule has 0 aliphatic heterocycles. The van der Waals surface area contributed by atoms with Crippen LogP contribution in [0.4, 0.5) is 8.78 Å². The first-order valence-electron chi connectivity index (χ1n) is 7.02. The summed E-state index contributed by atoms with van der Waals surface area (Å²) in [5.74, 6) is -1.35. The molecule has 0 fully saturated rings. The molecule has 0 saturated heterocycles. The molecule has 0 amide bonds. The maximum Gasteiger partial charge on any atom is 0.164 e. The van der Waals surface area contributed by atoms with E-state index >= 15 is 0 Å². The summed E-state index contributed by atoms with van der Waals surface area (Å²) in [5.41, 5.74) is 2.51. The number of aliphatic hydroxyl groups is 1. The van der Waals surface area contributed by atoms with E-state index in [9.17, 15) is 13.9 Å². The van der Waals surface area contributed by atoms with Crippen molar-refractivity contribution >= 4 is 0 Å². The number of hydrogen-bond acceptors (Lipinski definition) is 2. The first kappa shape index (κ1) is 14.0. The zero-order chi connectivity index (χ0) is 14.8. The van der Waals surface area contributed by atoms with Crippen LogP contribution in [0.15, 0.2) is 36.4 Å². The highest BCUT2D eigenvalue weighted by atomic mass is 19.2. The van der Waals surface area contributed by atoms with Gasteiger partial charge in [0.05, 0.1) is 0 Å². The molecule has 0 saturated carbocycles. The lowest BCUT2D eigenvalue weighted by Crippen LogP contribution is -2.12. The van der Waals surface area contributed by atoms with Crippen LogP contribution in [-0.4, -0.2) is 11.7 Å². The fraction of sp³-hybridized carbons (Fsp3) is 0.294. The largest absolute Gasteiger partial charge is 0.491 e. The van der Waals surface area contributed by atoms with Gasteiger partial charge in [0.25, 0.3) is 0 Å². The van der Waals surface area contributed by atoms with Crippen molar-refractivity contribution in [1.82, 2.24) is 0 Å². The van der Waals surface area contributed by atoms with Crippen LogP contribution in [0.25, 0.3) is 0 Å². The molecule has 3 rings (SSSR count). The van der Waals surface area contributed by atoms with Gasteiger partial charge in [0.1, 0.15) is 18.5 Å². The summed E-state index contributed by atoms with van der Waals surface area (Å²) in [4.78, 5) is 0. The molecule has 0 bridgehead atoms. The first-order valence-corrected chi connectivity index (χ1v) is 7.02. The molecule has 1 aliphatic carbocycles. The molecule has 0 aromatic heterocycles. The van der Waals surface area contributed by atoms with Crippen molar-refractivity contribution in [3.05, 3.63) is 64.7 Å². The maximum atomic E-state index is 13.6. The van der Waals surface area contributed by atoms with Gasteiger partial charge in [-0.25, -0.2) is 8.78 Å². The third-order valence-corrected chi connectivity index (χ3v) is 3.82. The number of rotatable bonds is 4. The van der Waals surface area contributed by atoms with E-state index in [1.165, 1.54) is 23.3 Å². The molecule has 2 nitrogen and oxygen atoms in total. The van der Waals surface area contributed by atoms with E-state index in [1.54, 1.807) is 0 Å². The van der Waals surface area contributed by atoms with Crippen molar-refractivity contribution in [3.8, 4) is 5.75 Å². The summed E-state index contributed by atoms with van der Waals surface area (Å²) < 4.78 is 32.2. The van der Waals surface area contributed by atoms with E-state index in [4.69, 9.17) is 4.74 Å². The van der Waals surface area contributed by atoms with E-state index in [2.05, 4.69) is 0 Å². The summed E-state index contributed by atoms with van der Waals surface area (Å²) in [5, 5.41) is 9.95. The monoisotopic (exact) mass is 290 g/mol. The van der Waals surface area contributed by atoms with Gasteiger partial charge in [-0.3, -0.25) is 0 Å². The van der Waals surface area contributed by atoms with Crippen LogP contribution in [0.5, 0.6) is 5.75 Å². The number of aliphatic hydroxyl groups excluding tert-OH is 1. The molecule has 110 valence electrons. The third-order valence-electron chi connectivity index (χ3n) is 3.82. The van der Waals surface area contributed by atoms with Crippen molar-refractivity contribution in [2.75, 3.05) is 6.61 Å². The van der Waals surface area contributed by atoms with Crippen molar-refractivity contribution in [2.45, 2.75) is 25.4 Å². The Labute approximate surface area is 122 Å². The lowest BCUT2D eigenvalue weighted by atomic mass is 10.1. The van der Waals surface area contributed by atoms with E-state index in [-0.39, 0.29) is 12.2 Å². The summed E-state index contributed by atoms with van der Waals surface area (Å²) in [6, 6.07) is 9.57. The number of hydrogen-bond donors (Lipinski definition) is 1. The van der Waals surface area contributed by atoms with Gasteiger partial charge < -0.3 is 9.84 Å². The zero-order valence-corrected chi connectivity index (χ0v) is 11.5. The minimum absolute atomic E-state index is 0.0869. The second-order valence-electron chi connectivity index (χ2n) is 5.25. The molecule has 0 radical (unpaired) electrons. The van der Waals surface area contributed by atoms with E-state index in [0.29, 0.717) is 5.75 Å². The summed E-state index contributed by atoms with van der Waals surface area (Å²) >= 11 is 0. The molecule has 0 heterocycles. The van der Waals surface area contributed by atoms with Crippen molar-refractivity contribution in [3.63, 3.8) is 0 Å². The Morgan fingerprint density at radius 1 is 1.10 bits per heavy atom. The average Bonchev–Trinajstić information content (AvgIpc) is 2.95. The molecule has 1 N–H and O–H groups in total. The second-order valence-corrected chi connectivity index (χ2v) is 5.25. The fourth-order valence-corrected chi connectivity index (χ4v) is 2.68. The van der Waals surface area contributed by atoms with Crippen molar-refractivity contribution in [1.29, 1.82) is 0 Å². The summed E-state index contributed by atoms with van der Waals surface area (Å²) in [6.07, 6.45) is 2.07. The van der Waals surface area contributed by atoms with Gasteiger partial charge in [0.15, 0.2) is 11.6 Å². The normalized spacial score (nSPS) is 14.8. The van der Waals surface area contributed by atoms with Gasteiger partial charge in [-0.15, -0.1) is 0 Å². The molecule has 2 aromatic carbocycles. The standard InChI is InChI=1S/C17H16F2O2/c18-15-6-2-5-14(17(15)19)16(20)10-21-13-8-7-11-3-1-4-12(11)9-13/h2,5-9,16,20H,1,3-4,10H2. The lowest BCUT2D eigenvalue weighted by molar-refractivity contribution is 0.104. The van der Waals surface area contributed by atoms with Crippen LogP contribution in [0.3, 0.4) is 0 Å². The van der Waals surface area contributed by atoms with Crippen LogP contribution in [0.1, 0.15) is 29.2 Å². The first-order chi connectivity index (χ1) is 10.1. The highest BCUT2D eigenvalue weighted by Gasteiger charge is 2.17. The number of halogens is 2. The quantitative estimate of drug-likeness (QED) is 0.933. The Kier molecular flexibility index (Phi) is 3.88. The maximum absolute atomic E-state index is 13.6. The Bertz CT molecular complexity index is 655. The molecular formula is C17H16F2O2. The van der Waals surface area contributed by atoms with Gasteiger partial charge in [0.2, 0.25) is 0 Å². The smallest absolute Gasteiger partial charge is 0.164 e. The molecule has 1 unspecified atom stereocenters.